The van der Waals surface area contributed by atoms with Gasteiger partial charge < -0.3 is 5.32 Å². The van der Waals surface area contributed by atoms with E-state index in [0.717, 1.165) is 31.1 Å². The molecule has 0 aliphatic heterocycles. The van der Waals surface area contributed by atoms with Crippen LogP contribution in [0.3, 0.4) is 0 Å². The molecule has 0 aromatic carbocycles. The van der Waals surface area contributed by atoms with Gasteiger partial charge in [0.05, 0.1) is 0 Å². The summed E-state index contributed by atoms with van der Waals surface area (Å²) in [5.74, 6) is 2.00. The predicted molar refractivity (Wildman–Crippen MR) is 69.1 cm³/mol. The van der Waals surface area contributed by atoms with E-state index in [9.17, 15) is 0 Å². The number of aryl methyl sites for hydroxylation is 1. The van der Waals surface area contributed by atoms with Crippen LogP contribution in [0.2, 0.25) is 0 Å². The van der Waals surface area contributed by atoms with Gasteiger partial charge in [-0.15, -0.1) is 0 Å². The number of hydrogen-bond donors (Lipinski definition) is 1. The zero-order chi connectivity index (χ0) is 11.5. The van der Waals surface area contributed by atoms with Crippen molar-refractivity contribution in [2.24, 2.45) is 5.92 Å². The van der Waals surface area contributed by atoms with Crippen LogP contribution >= 0.6 is 0 Å². The largest absolute Gasteiger partial charge is 0.369 e. The van der Waals surface area contributed by atoms with Gasteiger partial charge in [0.25, 0.3) is 0 Å². The highest BCUT2D eigenvalue weighted by molar-refractivity contribution is 5.46. The fraction of sp³-hybridized carbons (Fsp3) is 0.714. The summed E-state index contributed by atoms with van der Waals surface area (Å²) in [5.41, 5.74) is 2.68. The smallest absolute Gasteiger partial charge is 0.132 e. The van der Waals surface area contributed by atoms with Gasteiger partial charge in [-0.05, 0) is 44.4 Å². The van der Waals surface area contributed by atoms with Crippen molar-refractivity contribution in [2.75, 3.05) is 11.9 Å². The van der Waals surface area contributed by atoms with Crippen molar-refractivity contribution in [2.45, 2.75) is 51.4 Å². The molecule has 1 fully saturated rings. The molecule has 0 radical (unpaired) electrons. The van der Waals surface area contributed by atoms with Crippen LogP contribution in [0.4, 0.5) is 5.82 Å². The highest BCUT2D eigenvalue weighted by atomic mass is 15.0. The van der Waals surface area contributed by atoms with Crippen LogP contribution in [0.5, 0.6) is 0 Å². The third-order valence-corrected chi connectivity index (χ3v) is 4.16. The molecule has 3 heteroatoms. The van der Waals surface area contributed by atoms with Crippen molar-refractivity contribution >= 4 is 5.82 Å². The Balaban J connectivity index is 1.73. The molecule has 0 unspecified atom stereocenters. The summed E-state index contributed by atoms with van der Waals surface area (Å²) >= 11 is 0. The van der Waals surface area contributed by atoms with Gasteiger partial charge in [0.1, 0.15) is 12.1 Å². The lowest BCUT2D eigenvalue weighted by molar-refractivity contribution is 0.333. The van der Waals surface area contributed by atoms with Gasteiger partial charge in [0, 0.05) is 17.8 Å². The Hall–Kier alpha value is -1.12. The summed E-state index contributed by atoms with van der Waals surface area (Å²) in [6, 6.07) is 0. The summed E-state index contributed by atoms with van der Waals surface area (Å²) in [6.45, 7) is 1.10. The SMILES string of the molecule is c1nc2c(c(NCC3CCC3)n1)CCCCC2. The van der Waals surface area contributed by atoms with E-state index in [1.54, 1.807) is 6.33 Å². The van der Waals surface area contributed by atoms with Gasteiger partial charge in [0.2, 0.25) is 0 Å². The summed E-state index contributed by atoms with van der Waals surface area (Å²) in [4.78, 5) is 8.89. The van der Waals surface area contributed by atoms with Crippen molar-refractivity contribution in [1.29, 1.82) is 0 Å². The first kappa shape index (κ1) is 11.0. The normalized spacial score (nSPS) is 20.2. The lowest BCUT2D eigenvalue weighted by atomic mass is 9.85. The highest BCUT2D eigenvalue weighted by Crippen LogP contribution is 2.28. The third kappa shape index (κ3) is 2.43. The molecule has 0 amide bonds. The first-order chi connectivity index (χ1) is 8.43. The Bertz CT molecular complexity index is 385. The number of rotatable bonds is 3. The van der Waals surface area contributed by atoms with Gasteiger partial charge in [0.15, 0.2) is 0 Å². The van der Waals surface area contributed by atoms with Crippen LogP contribution in [-0.4, -0.2) is 16.5 Å². The van der Waals surface area contributed by atoms with E-state index in [1.165, 1.54) is 49.8 Å². The van der Waals surface area contributed by atoms with E-state index in [2.05, 4.69) is 15.3 Å². The van der Waals surface area contributed by atoms with Crippen LogP contribution in [0, 0.1) is 5.92 Å². The predicted octanol–water partition coefficient (Wildman–Crippen LogP) is 2.96. The van der Waals surface area contributed by atoms with Crippen LogP contribution in [0.15, 0.2) is 6.33 Å². The first-order valence-corrected chi connectivity index (χ1v) is 7.00. The van der Waals surface area contributed by atoms with Crippen molar-refractivity contribution in [1.82, 2.24) is 9.97 Å². The van der Waals surface area contributed by atoms with Crippen molar-refractivity contribution in [3.05, 3.63) is 17.6 Å². The molecule has 0 saturated heterocycles. The zero-order valence-electron chi connectivity index (χ0n) is 10.4. The molecule has 1 aromatic heterocycles. The summed E-state index contributed by atoms with van der Waals surface area (Å²) in [7, 11) is 0. The van der Waals surface area contributed by atoms with Crippen LogP contribution < -0.4 is 5.32 Å². The standard InChI is InChI=1S/C14H21N3/c1-2-7-12-13(8-3-1)16-10-17-14(12)15-9-11-5-4-6-11/h10-11H,1-9H2,(H,15,16,17). The van der Waals surface area contributed by atoms with Crippen LogP contribution in [-0.2, 0) is 12.8 Å². The fourth-order valence-electron chi connectivity index (χ4n) is 2.79. The number of nitrogens with one attached hydrogen (secondary N) is 1. The molecule has 1 N–H and O–H groups in total. The zero-order valence-corrected chi connectivity index (χ0v) is 10.4. The Morgan fingerprint density at radius 1 is 1.06 bits per heavy atom. The molecule has 3 nitrogen and oxygen atoms in total. The Labute approximate surface area is 103 Å². The van der Waals surface area contributed by atoms with Gasteiger partial charge in [-0.1, -0.05) is 12.8 Å². The van der Waals surface area contributed by atoms with Crippen molar-refractivity contribution < 1.29 is 0 Å². The number of fused-ring (bicyclic) bond motifs is 1. The second-order valence-electron chi connectivity index (χ2n) is 5.39. The molecular formula is C14H21N3. The molecule has 1 saturated carbocycles. The minimum atomic E-state index is 0.881. The third-order valence-electron chi connectivity index (χ3n) is 4.16. The number of nitrogens with zero attached hydrogens (tertiary/aromatic N) is 2. The summed E-state index contributed by atoms with van der Waals surface area (Å²) in [6.07, 6.45) is 12.1. The second-order valence-corrected chi connectivity index (χ2v) is 5.39. The number of hydrogen-bond acceptors (Lipinski definition) is 3. The molecule has 2 aliphatic carbocycles. The quantitative estimate of drug-likeness (QED) is 0.813. The van der Waals surface area contributed by atoms with Gasteiger partial charge in [-0.2, -0.15) is 0 Å². The number of aromatic nitrogens is 2. The van der Waals surface area contributed by atoms with E-state index in [-0.39, 0.29) is 0 Å². The number of anilines is 1. The molecule has 17 heavy (non-hydrogen) atoms. The van der Waals surface area contributed by atoms with Crippen molar-refractivity contribution in [3.63, 3.8) is 0 Å². The van der Waals surface area contributed by atoms with E-state index in [0.29, 0.717) is 0 Å². The fourth-order valence-corrected chi connectivity index (χ4v) is 2.79. The highest BCUT2D eigenvalue weighted by Gasteiger charge is 2.19. The molecule has 0 bridgehead atoms. The summed E-state index contributed by atoms with van der Waals surface area (Å²) in [5, 5.41) is 3.55. The molecule has 3 rings (SSSR count). The maximum Gasteiger partial charge on any atom is 0.132 e. The van der Waals surface area contributed by atoms with Crippen LogP contribution in [0.25, 0.3) is 0 Å². The minimum Gasteiger partial charge on any atom is -0.369 e. The second kappa shape index (κ2) is 5.03. The molecule has 0 spiro atoms. The molecule has 2 aliphatic rings. The van der Waals surface area contributed by atoms with Crippen molar-refractivity contribution in [3.8, 4) is 0 Å². The van der Waals surface area contributed by atoms with E-state index in [4.69, 9.17) is 0 Å². The lowest BCUT2D eigenvalue weighted by Gasteiger charge is -2.26. The molecule has 1 heterocycles. The summed E-state index contributed by atoms with van der Waals surface area (Å²) < 4.78 is 0. The van der Waals surface area contributed by atoms with E-state index >= 15 is 0 Å². The molecule has 0 atom stereocenters. The Kier molecular flexibility index (Phi) is 3.25. The molecule has 1 aromatic rings. The topological polar surface area (TPSA) is 37.8 Å². The Morgan fingerprint density at radius 3 is 2.76 bits per heavy atom. The average molecular weight is 231 g/mol. The van der Waals surface area contributed by atoms with Gasteiger partial charge in [-0.3, -0.25) is 0 Å². The maximum atomic E-state index is 4.45. The van der Waals surface area contributed by atoms with Crippen LogP contribution in [0.1, 0.15) is 49.8 Å². The Morgan fingerprint density at radius 2 is 1.94 bits per heavy atom. The molecular weight excluding hydrogens is 210 g/mol. The van der Waals surface area contributed by atoms with Gasteiger partial charge in [-0.25, -0.2) is 9.97 Å². The minimum absolute atomic E-state index is 0.881. The maximum absolute atomic E-state index is 4.45. The van der Waals surface area contributed by atoms with E-state index in [1.807, 2.05) is 0 Å². The lowest BCUT2D eigenvalue weighted by Crippen LogP contribution is -2.22. The van der Waals surface area contributed by atoms with E-state index < -0.39 is 0 Å². The van der Waals surface area contributed by atoms with Gasteiger partial charge >= 0.3 is 0 Å². The monoisotopic (exact) mass is 231 g/mol. The first-order valence-electron chi connectivity index (χ1n) is 7.00. The molecule has 92 valence electrons. The average Bonchev–Trinajstić information content (AvgIpc) is 2.52.